The molecule has 0 fully saturated rings. The Morgan fingerprint density at radius 3 is 2.53 bits per heavy atom. The molecule has 0 aliphatic heterocycles. The van der Waals surface area contributed by atoms with Gasteiger partial charge in [-0.25, -0.2) is 4.79 Å². The van der Waals surface area contributed by atoms with Crippen molar-refractivity contribution in [1.29, 1.82) is 0 Å². The van der Waals surface area contributed by atoms with Gasteiger partial charge < -0.3 is 14.5 Å². The fraction of sp³-hybridized carbons (Fsp3) is 0.462. The molecule has 0 atom stereocenters. The van der Waals surface area contributed by atoms with E-state index in [1.165, 1.54) is 9.80 Å². The Bertz CT molecular complexity index is 400. The fourth-order valence-electron chi connectivity index (χ4n) is 1.56. The van der Waals surface area contributed by atoms with Gasteiger partial charge in [0.25, 0.3) is 0 Å². The molecular formula is C13H21N2O2+. The van der Waals surface area contributed by atoms with Crippen molar-refractivity contribution in [3.8, 4) is 5.75 Å². The summed E-state index contributed by atoms with van der Waals surface area (Å²) in [5, 5.41) is 0. The van der Waals surface area contributed by atoms with Crippen LogP contribution < -0.4 is 9.64 Å². The van der Waals surface area contributed by atoms with Gasteiger partial charge >= 0.3 is 6.09 Å². The van der Waals surface area contributed by atoms with Crippen LogP contribution in [0.4, 0.5) is 4.79 Å². The highest BCUT2D eigenvalue weighted by Gasteiger charge is 2.14. The first-order valence-corrected chi connectivity index (χ1v) is 5.68. The molecule has 4 nitrogen and oxygen atoms in total. The molecule has 0 aromatic heterocycles. The standard InChI is InChI=1S/C13H20N2O2/c1-10-7-6-8-11(9-14(2)3)12(10)17-13(16)15(4)5/h6-8H,9H2,1-5H3/p+1. The van der Waals surface area contributed by atoms with Gasteiger partial charge in [-0.3, -0.25) is 0 Å². The molecule has 0 spiro atoms. The zero-order valence-corrected chi connectivity index (χ0v) is 11.2. The molecule has 0 aliphatic rings. The summed E-state index contributed by atoms with van der Waals surface area (Å²) in [5.41, 5.74) is 2.04. The number of quaternary nitrogens is 1. The molecule has 0 bridgehead atoms. The van der Waals surface area contributed by atoms with Gasteiger partial charge in [0.1, 0.15) is 12.3 Å². The van der Waals surface area contributed by atoms with E-state index in [1.54, 1.807) is 14.1 Å². The summed E-state index contributed by atoms with van der Waals surface area (Å²) in [7, 11) is 7.49. The first kappa shape index (κ1) is 13.5. The second-order valence-corrected chi connectivity index (χ2v) is 4.71. The van der Waals surface area contributed by atoms with Crippen molar-refractivity contribution in [2.75, 3.05) is 28.2 Å². The van der Waals surface area contributed by atoms with Crippen LogP contribution in [0.5, 0.6) is 5.75 Å². The molecule has 0 heterocycles. The lowest BCUT2D eigenvalue weighted by atomic mass is 10.1. The number of amides is 1. The highest BCUT2D eigenvalue weighted by Crippen LogP contribution is 2.23. The molecule has 0 radical (unpaired) electrons. The van der Waals surface area contributed by atoms with E-state index in [1.807, 2.05) is 25.1 Å². The van der Waals surface area contributed by atoms with Crippen LogP contribution in [0.25, 0.3) is 0 Å². The molecule has 1 aromatic rings. The van der Waals surface area contributed by atoms with Gasteiger partial charge in [-0.05, 0) is 18.6 Å². The second kappa shape index (κ2) is 5.68. The van der Waals surface area contributed by atoms with E-state index in [4.69, 9.17) is 4.74 Å². The molecule has 0 unspecified atom stereocenters. The average Bonchev–Trinajstić information content (AvgIpc) is 2.22. The summed E-state index contributed by atoms with van der Waals surface area (Å²) in [4.78, 5) is 14.3. The molecule has 94 valence electrons. The maximum atomic E-state index is 11.6. The molecule has 0 saturated heterocycles. The summed E-state index contributed by atoms with van der Waals surface area (Å²) in [5.74, 6) is 0.687. The molecule has 0 saturated carbocycles. The first-order valence-electron chi connectivity index (χ1n) is 5.68. The number of hydrogen-bond donors (Lipinski definition) is 1. The van der Waals surface area contributed by atoms with Crippen LogP contribution in [-0.4, -0.2) is 39.2 Å². The normalized spacial score (nSPS) is 10.5. The predicted octanol–water partition coefficient (Wildman–Crippen LogP) is 0.700. The minimum absolute atomic E-state index is 0.339. The Morgan fingerprint density at radius 1 is 1.35 bits per heavy atom. The Labute approximate surface area is 103 Å². The number of ether oxygens (including phenoxy) is 1. The van der Waals surface area contributed by atoms with Crippen LogP contribution in [0.1, 0.15) is 11.1 Å². The SMILES string of the molecule is Cc1cccc(C[NH+](C)C)c1OC(=O)N(C)C. The summed E-state index contributed by atoms with van der Waals surface area (Å²) < 4.78 is 5.41. The molecular weight excluding hydrogens is 216 g/mol. The summed E-state index contributed by atoms with van der Waals surface area (Å²) >= 11 is 0. The highest BCUT2D eigenvalue weighted by atomic mass is 16.6. The average molecular weight is 237 g/mol. The molecule has 1 aromatic carbocycles. The number of rotatable bonds is 3. The summed E-state index contributed by atoms with van der Waals surface area (Å²) in [6.07, 6.45) is -0.339. The lowest BCUT2D eigenvalue weighted by Gasteiger charge is -2.16. The minimum atomic E-state index is -0.339. The molecule has 1 N–H and O–H groups in total. The van der Waals surface area contributed by atoms with Crippen molar-refractivity contribution in [3.05, 3.63) is 29.3 Å². The van der Waals surface area contributed by atoms with Crippen molar-refractivity contribution in [2.24, 2.45) is 0 Å². The number of aryl methyl sites for hydroxylation is 1. The van der Waals surface area contributed by atoms with Crippen LogP contribution in [0.3, 0.4) is 0 Å². The van der Waals surface area contributed by atoms with Crippen LogP contribution in [-0.2, 0) is 6.54 Å². The van der Waals surface area contributed by atoms with E-state index in [0.717, 1.165) is 17.7 Å². The molecule has 4 heteroatoms. The van der Waals surface area contributed by atoms with Crippen molar-refractivity contribution >= 4 is 6.09 Å². The van der Waals surface area contributed by atoms with Gasteiger partial charge in [-0.1, -0.05) is 12.1 Å². The van der Waals surface area contributed by atoms with E-state index in [-0.39, 0.29) is 6.09 Å². The number of nitrogens with one attached hydrogen (secondary N) is 1. The van der Waals surface area contributed by atoms with E-state index in [0.29, 0.717) is 5.75 Å². The maximum absolute atomic E-state index is 11.6. The quantitative estimate of drug-likeness (QED) is 0.839. The number of para-hydroxylation sites is 1. The monoisotopic (exact) mass is 237 g/mol. The third-order valence-electron chi connectivity index (χ3n) is 2.39. The van der Waals surface area contributed by atoms with E-state index in [2.05, 4.69) is 14.1 Å². The van der Waals surface area contributed by atoms with E-state index < -0.39 is 0 Å². The molecule has 1 amide bonds. The molecule has 1 rings (SSSR count). The summed E-state index contributed by atoms with van der Waals surface area (Å²) in [6, 6.07) is 5.94. The Morgan fingerprint density at radius 2 is 2.00 bits per heavy atom. The van der Waals surface area contributed by atoms with Crippen LogP contribution >= 0.6 is 0 Å². The number of carbonyl (C=O) groups excluding carboxylic acids is 1. The lowest BCUT2D eigenvalue weighted by molar-refractivity contribution is -0.872. The van der Waals surface area contributed by atoms with Crippen molar-refractivity contribution in [3.63, 3.8) is 0 Å². The van der Waals surface area contributed by atoms with Crippen LogP contribution in [0, 0.1) is 6.92 Å². The third-order valence-corrected chi connectivity index (χ3v) is 2.39. The zero-order valence-electron chi connectivity index (χ0n) is 11.2. The third kappa shape index (κ3) is 3.75. The first-order chi connectivity index (χ1) is 7.91. The van der Waals surface area contributed by atoms with Crippen molar-refractivity contribution in [2.45, 2.75) is 13.5 Å². The summed E-state index contributed by atoms with van der Waals surface area (Å²) in [6.45, 7) is 2.78. The van der Waals surface area contributed by atoms with Gasteiger partial charge in [-0.2, -0.15) is 0 Å². The molecule has 0 aliphatic carbocycles. The van der Waals surface area contributed by atoms with Gasteiger partial charge in [0.05, 0.1) is 14.1 Å². The largest absolute Gasteiger partial charge is 0.414 e. The number of carbonyl (C=O) groups is 1. The van der Waals surface area contributed by atoms with Crippen LogP contribution in [0.2, 0.25) is 0 Å². The van der Waals surface area contributed by atoms with Crippen LogP contribution in [0.15, 0.2) is 18.2 Å². The number of nitrogens with zero attached hydrogens (tertiary/aromatic N) is 1. The van der Waals surface area contributed by atoms with E-state index in [9.17, 15) is 4.79 Å². The fourth-order valence-corrected chi connectivity index (χ4v) is 1.56. The topological polar surface area (TPSA) is 34.0 Å². The van der Waals surface area contributed by atoms with Gasteiger partial charge in [0.2, 0.25) is 0 Å². The Balaban J connectivity index is 2.99. The van der Waals surface area contributed by atoms with Crippen molar-refractivity contribution < 1.29 is 14.4 Å². The Hall–Kier alpha value is -1.55. The number of benzene rings is 1. The van der Waals surface area contributed by atoms with Gasteiger partial charge in [-0.15, -0.1) is 0 Å². The maximum Gasteiger partial charge on any atom is 0.414 e. The minimum Gasteiger partial charge on any atom is -0.409 e. The lowest BCUT2D eigenvalue weighted by Crippen LogP contribution is -3.04. The van der Waals surface area contributed by atoms with Gasteiger partial charge in [0, 0.05) is 19.7 Å². The predicted molar refractivity (Wildman–Crippen MR) is 67.4 cm³/mol. The number of hydrogen-bond acceptors (Lipinski definition) is 2. The molecule has 17 heavy (non-hydrogen) atoms. The van der Waals surface area contributed by atoms with Gasteiger partial charge in [0.15, 0.2) is 0 Å². The highest BCUT2D eigenvalue weighted by molar-refractivity contribution is 5.71. The van der Waals surface area contributed by atoms with E-state index >= 15 is 0 Å². The smallest absolute Gasteiger partial charge is 0.409 e. The zero-order chi connectivity index (χ0) is 13.0. The second-order valence-electron chi connectivity index (χ2n) is 4.71. The Kier molecular flexibility index (Phi) is 4.52. The van der Waals surface area contributed by atoms with Crippen molar-refractivity contribution in [1.82, 2.24) is 4.90 Å².